The molecule has 1 aliphatic carbocycles. The molecule has 0 amide bonds. The summed E-state index contributed by atoms with van der Waals surface area (Å²) in [5.74, 6) is -1.38. The van der Waals surface area contributed by atoms with Gasteiger partial charge in [0.2, 0.25) is 0 Å². The third-order valence-electron chi connectivity index (χ3n) is 3.85. The Hall–Kier alpha value is -1.78. The van der Waals surface area contributed by atoms with Crippen molar-refractivity contribution in [3.05, 3.63) is 45.2 Å². The molecule has 3 rings (SSSR count). The molecule has 1 fully saturated rings. The number of pyridine rings is 1. The van der Waals surface area contributed by atoms with E-state index in [0.717, 1.165) is 18.9 Å². The van der Waals surface area contributed by atoms with Crippen molar-refractivity contribution in [3.63, 3.8) is 0 Å². The van der Waals surface area contributed by atoms with Gasteiger partial charge in [-0.3, -0.25) is 4.79 Å². The number of rotatable bonds is 3. The zero-order valence-electron chi connectivity index (χ0n) is 11.0. The van der Waals surface area contributed by atoms with E-state index in [-0.39, 0.29) is 34.4 Å². The van der Waals surface area contributed by atoms with E-state index in [1.165, 1.54) is 17.7 Å². The van der Waals surface area contributed by atoms with Gasteiger partial charge in [-0.2, -0.15) is 0 Å². The second-order valence-electron chi connectivity index (χ2n) is 5.26. The van der Waals surface area contributed by atoms with Gasteiger partial charge in [0.1, 0.15) is 12.5 Å². The highest BCUT2D eigenvalue weighted by atomic mass is 19.1. The van der Waals surface area contributed by atoms with Gasteiger partial charge in [0.05, 0.1) is 17.4 Å². The maximum absolute atomic E-state index is 14.2. The van der Waals surface area contributed by atoms with Gasteiger partial charge < -0.3 is 4.57 Å². The summed E-state index contributed by atoms with van der Waals surface area (Å²) in [5, 5.41) is 0.00319. The number of hydrogen-bond acceptors (Lipinski definition) is 1. The zero-order chi connectivity index (χ0) is 14.4. The fourth-order valence-electron chi connectivity index (χ4n) is 2.56. The fraction of sp³-hybridized carbons (Fsp3) is 0.400. The predicted molar refractivity (Wildman–Crippen MR) is 70.8 cm³/mol. The van der Waals surface area contributed by atoms with E-state index in [1.54, 1.807) is 0 Å². The molecule has 0 unspecified atom stereocenters. The Morgan fingerprint density at radius 2 is 2.05 bits per heavy atom. The first-order valence-corrected chi connectivity index (χ1v) is 6.62. The largest absolute Gasteiger partial charge is 0.342 e. The molecule has 1 aliphatic rings. The monoisotopic (exact) mass is 281 g/mol. The number of nitrogens with zero attached hydrogens (tertiary/aromatic N) is 1. The molecule has 20 heavy (non-hydrogen) atoms. The van der Waals surface area contributed by atoms with Crippen LogP contribution < -0.4 is 5.43 Å². The van der Waals surface area contributed by atoms with Gasteiger partial charge in [0.15, 0.2) is 11.2 Å². The number of fused-ring (bicyclic) bond motifs is 1. The van der Waals surface area contributed by atoms with Crippen molar-refractivity contribution in [2.75, 3.05) is 6.67 Å². The minimum Gasteiger partial charge on any atom is -0.342 e. The molecule has 0 saturated heterocycles. The molecule has 0 radical (unpaired) electrons. The number of aryl methyl sites for hydroxylation is 1. The number of aromatic nitrogens is 1. The van der Waals surface area contributed by atoms with Crippen LogP contribution in [0.1, 0.15) is 29.9 Å². The van der Waals surface area contributed by atoms with Crippen molar-refractivity contribution in [2.24, 2.45) is 0 Å². The summed E-state index contributed by atoms with van der Waals surface area (Å²) in [6.07, 6.45) is 3.32. The standard InChI is InChI=1S/C15H14F3NO/c1-8-12(17)6-10-14(13(8)18)19(5-4-16)7-11(15(10)20)9-2-3-9/h6-7,9H,2-5H2,1H3. The quantitative estimate of drug-likeness (QED) is 0.844. The van der Waals surface area contributed by atoms with E-state index in [4.69, 9.17) is 0 Å². The Bertz CT molecular complexity index is 747. The van der Waals surface area contributed by atoms with Gasteiger partial charge in [-0.1, -0.05) is 0 Å². The van der Waals surface area contributed by atoms with Crippen molar-refractivity contribution in [1.29, 1.82) is 0 Å². The molecule has 1 aromatic carbocycles. The summed E-state index contributed by atoms with van der Waals surface area (Å²) in [6.45, 7) is 0.597. The van der Waals surface area contributed by atoms with Crippen LogP contribution in [-0.2, 0) is 6.54 Å². The van der Waals surface area contributed by atoms with Gasteiger partial charge in [-0.15, -0.1) is 0 Å². The maximum Gasteiger partial charge on any atom is 0.193 e. The normalized spacial score (nSPS) is 15.0. The van der Waals surface area contributed by atoms with Crippen molar-refractivity contribution in [3.8, 4) is 0 Å². The molecule has 1 heterocycles. The molecule has 106 valence electrons. The number of hydrogen-bond donors (Lipinski definition) is 0. The van der Waals surface area contributed by atoms with Crippen LogP contribution in [0.4, 0.5) is 13.2 Å². The third-order valence-corrected chi connectivity index (χ3v) is 3.85. The highest BCUT2D eigenvalue weighted by Crippen LogP contribution is 2.39. The highest BCUT2D eigenvalue weighted by molar-refractivity contribution is 5.81. The summed E-state index contributed by atoms with van der Waals surface area (Å²) in [4.78, 5) is 12.3. The van der Waals surface area contributed by atoms with Crippen molar-refractivity contribution in [1.82, 2.24) is 4.57 Å². The first-order valence-electron chi connectivity index (χ1n) is 6.62. The van der Waals surface area contributed by atoms with Crippen LogP contribution in [0.25, 0.3) is 10.9 Å². The first kappa shape index (κ1) is 13.2. The Balaban J connectivity index is 2.42. The van der Waals surface area contributed by atoms with E-state index in [0.29, 0.717) is 5.56 Å². The molecule has 5 heteroatoms. The van der Waals surface area contributed by atoms with Crippen LogP contribution >= 0.6 is 0 Å². The van der Waals surface area contributed by atoms with Crippen molar-refractivity contribution in [2.45, 2.75) is 32.2 Å². The molecule has 0 bridgehead atoms. The summed E-state index contributed by atoms with van der Waals surface area (Å²) in [5.41, 5.74) is 0.0450. The molecular weight excluding hydrogens is 267 g/mol. The Morgan fingerprint density at radius 3 is 2.65 bits per heavy atom. The van der Waals surface area contributed by atoms with Crippen LogP contribution in [-0.4, -0.2) is 11.2 Å². The number of halogens is 3. The lowest BCUT2D eigenvalue weighted by Gasteiger charge is -2.14. The van der Waals surface area contributed by atoms with E-state index < -0.39 is 18.3 Å². The second kappa shape index (κ2) is 4.65. The van der Waals surface area contributed by atoms with Gasteiger partial charge in [0, 0.05) is 17.3 Å². The van der Waals surface area contributed by atoms with Gasteiger partial charge in [-0.05, 0) is 31.7 Å². The third kappa shape index (κ3) is 1.92. The van der Waals surface area contributed by atoms with Crippen LogP contribution in [0.3, 0.4) is 0 Å². The van der Waals surface area contributed by atoms with Crippen LogP contribution in [0.15, 0.2) is 17.1 Å². The van der Waals surface area contributed by atoms with Crippen molar-refractivity contribution >= 4 is 10.9 Å². The lowest BCUT2D eigenvalue weighted by molar-refractivity contribution is 0.446. The molecule has 0 atom stereocenters. The lowest BCUT2D eigenvalue weighted by Crippen LogP contribution is -2.17. The van der Waals surface area contributed by atoms with E-state index in [1.807, 2.05) is 0 Å². The average molecular weight is 281 g/mol. The SMILES string of the molecule is Cc1c(F)cc2c(=O)c(C3CC3)cn(CCF)c2c1F. The van der Waals surface area contributed by atoms with Gasteiger partial charge in [0.25, 0.3) is 0 Å². The minimum absolute atomic E-state index is 0.00319. The first-order chi connectivity index (χ1) is 9.54. The van der Waals surface area contributed by atoms with E-state index in [2.05, 4.69) is 0 Å². The summed E-state index contributed by atoms with van der Waals surface area (Å²) in [6, 6.07) is 1.07. The molecular formula is C15H14F3NO. The lowest BCUT2D eigenvalue weighted by atomic mass is 10.1. The zero-order valence-corrected chi connectivity index (χ0v) is 11.0. The summed E-state index contributed by atoms with van der Waals surface area (Å²) in [7, 11) is 0. The summed E-state index contributed by atoms with van der Waals surface area (Å²) >= 11 is 0. The molecule has 1 aromatic heterocycles. The van der Waals surface area contributed by atoms with Crippen LogP contribution in [0, 0.1) is 18.6 Å². The highest BCUT2D eigenvalue weighted by Gasteiger charge is 2.28. The molecule has 2 aromatic rings. The number of alkyl halides is 1. The Labute approximate surface area is 113 Å². The van der Waals surface area contributed by atoms with Crippen LogP contribution in [0.5, 0.6) is 0 Å². The molecule has 0 spiro atoms. The number of benzene rings is 1. The second-order valence-corrected chi connectivity index (χ2v) is 5.26. The van der Waals surface area contributed by atoms with E-state index in [9.17, 15) is 18.0 Å². The summed E-state index contributed by atoms with van der Waals surface area (Å²) < 4.78 is 42.0. The topological polar surface area (TPSA) is 22.0 Å². The average Bonchev–Trinajstić information content (AvgIpc) is 3.24. The van der Waals surface area contributed by atoms with E-state index >= 15 is 0 Å². The molecule has 0 N–H and O–H groups in total. The smallest absolute Gasteiger partial charge is 0.193 e. The fourth-order valence-corrected chi connectivity index (χ4v) is 2.56. The Kier molecular flexibility index (Phi) is 3.07. The molecule has 0 aliphatic heterocycles. The minimum atomic E-state index is -0.784. The van der Waals surface area contributed by atoms with Gasteiger partial charge >= 0.3 is 0 Å². The predicted octanol–water partition coefficient (Wildman–Crippen LogP) is 3.44. The maximum atomic E-state index is 14.2. The van der Waals surface area contributed by atoms with Crippen molar-refractivity contribution < 1.29 is 13.2 Å². The molecule has 2 nitrogen and oxygen atoms in total. The van der Waals surface area contributed by atoms with Gasteiger partial charge in [-0.25, -0.2) is 13.2 Å². The molecule has 1 saturated carbocycles. The van der Waals surface area contributed by atoms with Crippen LogP contribution in [0.2, 0.25) is 0 Å². The Morgan fingerprint density at radius 1 is 1.35 bits per heavy atom.